The molecule has 1 rings (SSSR count). The number of amides is 1. The van der Waals surface area contributed by atoms with Crippen LogP contribution in [0.2, 0.25) is 0 Å². The van der Waals surface area contributed by atoms with E-state index in [4.69, 9.17) is 10.5 Å². The number of nitrogens with zero attached hydrogens (tertiary/aromatic N) is 1. The van der Waals surface area contributed by atoms with Gasteiger partial charge in [0.25, 0.3) is 0 Å². The molecule has 6 heteroatoms. The van der Waals surface area contributed by atoms with Crippen LogP contribution in [0.3, 0.4) is 0 Å². The summed E-state index contributed by atoms with van der Waals surface area (Å²) in [5.41, 5.74) is 6.45. The zero-order chi connectivity index (χ0) is 15.9. The maximum atomic E-state index is 11.1. The predicted molar refractivity (Wildman–Crippen MR) is 84.2 cm³/mol. The molecule has 0 saturated carbocycles. The SMILES string of the molecule is CN=C(NCc1cccc(C(N)=O)c1)NCC(C)(C)OC. The first-order valence-corrected chi connectivity index (χ1v) is 6.76. The molecule has 4 N–H and O–H groups in total. The van der Waals surface area contributed by atoms with Gasteiger partial charge in [-0.2, -0.15) is 0 Å². The number of benzene rings is 1. The Kier molecular flexibility index (Phi) is 6.17. The van der Waals surface area contributed by atoms with Crippen molar-refractivity contribution in [1.82, 2.24) is 10.6 Å². The maximum Gasteiger partial charge on any atom is 0.248 e. The second-order valence-corrected chi connectivity index (χ2v) is 5.31. The van der Waals surface area contributed by atoms with Gasteiger partial charge < -0.3 is 21.1 Å². The second-order valence-electron chi connectivity index (χ2n) is 5.31. The maximum absolute atomic E-state index is 11.1. The van der Waals surface area contributed by atoms with E-state index in [0.29, 0.717) is 24.6 Å². The number of ether oxygens (including phenoxy) is 1. The fraction of sp³-hybridized carbons (Fsp3) is 0.467. The molecule has 0 aliphatic rings. The zero-order valence-electron chi connectivity index (χ0n) is 13.1. The lowest BCUT2D eigenvalue weighted by molar-refractivity contribution is 0.0268. The van der Waals surface area contributed by atoms with Crippen molar-refractivity contribution in [2.45, 2.75) is 26.0 Å². The number of hydrogen-bond donors (Lipinski definition) is 3. The minimum Gasteiger partial charge on any atom is -0.377 e. The quantitative estimate of drug-likeness (QED) is 0.536. The van der Waals surface area contributed by atoms with E-state index >= 15 is 0 Å². The van der Waals surface area contributed by atoms with E-state index in [1.807, 2.05) is 19.9 Å². The van der Waals surface area contributed by atoms with Crippen LogP contribution < -0.4 is 16.4 Å². The van der Waals surface area contributed by atoms with Gasteiger partial charge in [0.1, 0.15) is 0 Å². The number of aliphatic imine (C=N–C) groups is 1. The summed E-state index contributed by atoms with van der Waals surface area (Å²) < 4.78 is 5.34. The monoisotopic (exact) mass is 292 g/mol. The van der Waals surface area contributed by atoms with Crippen molar-refractivity contribution >= 4 is 11.9 Å². The number of hydrogen-bond acceptors (Lipinski definition) is 3. The third-order valence-electron chi connectivity index (χ3n) is 3.13. The van der Waals surface area contributed by atoms with Crippen LogP contribution in [0.4, 0.5) is 0 Å². The number of guanidine groups is 1. The molecule has 0 saturated heterocycles. The topological polar surface area (TPSA) is 88.7 Å². The van der Waals surface area contributed by atoms with Crippen molar-refractivity contribution in [3.63, 3.8) is 0 Å². The van der Waals surface area contributed by atoms with Crippen LogP contribution in [-0.2, 0) is 11.3 Å². The molecule has 6 nitrogen and oxygen atoms in total. The van der Waals surface area contributed by atoms with Crippen molar-refractivity contribution in [1.29, 1.82) is 0 Å². The van der Waals surface area contributed by atoms with Crippen molar-refractivity contribution in [3.8, 4) is 0 Å². The first kappa shape index (κ1) is 17.0. The van der Waals surface area contributed by atoms with Crippen LogP contribution in [0.5, 0.6) is 0 Å². The lowest BCUT2D eigenvalue weighted by Gasteiger charge is -2.24. The Bertz CT molecular complexity index is 512. The van der Waals surface area contributed by atoms with Gasteiger partial charge in [-0.3, -0.25) is 9.79 Å². The molecular weight excluding hydrogens is 268 g/mol. The molecule has 116 valence electrons. The molecular formula is C15H24N4O2. The molecule has 0 spiro atoms. The van der Waals surface area contributed by atoms with Gasteiger partial charge >= 0.3 is 0 Å². The molecule has 0 fully saturated rings. The lowest BCUT2D eigenvalue weighted by atomic mass is 10.1. The fourth-order valence-electron chi connectivity index (χ4n) is 1.61. The summed E-state index contributed by atoms with van der Waals surface area (Å²) in [7, 11) is 3.38. The van der Waals surface area contributed by atoms with E-state index < -0.39 is 5.91 Å². The normalized spacial score (nSPS) is 12.1. The molecule has 1 aromatic carbocycles. The first-order chi connectivity index (χ1) is 9.88. The molecule has 0 bridgehead atoms. The van der Waals surface area contributed by atoms with Gasteiger partial charge in [-0.1, -0.05) is 12.1 Å². The van der Waals surface area contributed by atoms with Crippen LogP contribution in [0.25, 0.3) is 0 Å². The van der Waals surface area contributed by atoms with Gasteiger partial charge in [-0.25, -0.2) is 0 Å². The summed E-state index contributed by atoms with van der Waals surface area (Å²) in [6.45, 7) is 5.16. The highest BCUT2D eigenvalue weighted by Gasteiger charge is 2.16. The molecule has 0 heterocycles. The summed E-state index contributed by atoms with van der Waals surface area (Å²) >= 11 is 0. The van der Waals surface area contributed by atoms with Gasteiger partial charge in [-0.05, 0) is 31.5 Å². The van der Waals surface area contributed by atoms with Gasteiger partial charge in [-0.15, -0.1) is 0 Å². The first-order valence-electron chi connectivity index (χ1n) is 6.76. The molecule has 1 amide bonds. The van der Waals surface area contributed by atoms with Gasteiger partial charge in [0, 0.05) is 32.8 Å². The van der Waals surface area contributed by atoms with E-state index in [9.17, 15) is 4.79 Å². The third-order valence-corrected chi connectivity index (χ3v) is 3.13. The minimum absolute atomic E-state index is 0.274. The van der Waals surface area contributed by atoms with Crippen LogP contribution in [-0.4, -0.2) is 38.2 Å². The summed E-state index contributed by atoms with van der Waals surface area (Å²) in [6.07, 6.45) is 0. The average molecular weight is 292 g/mol. The lowest BCUT2D eigenvalue weighted by Crippen LogP contribution is -2.45. The van der Waals surface area contributed by atoms with Crippen LogP contribution >= 0.6 is 0 Å². The Balaban J connectivity index is 2.56. The number of carbonyl (C=O) groups is 1. The van der Waals surface area contributed by atoms with Crippen molar-refractivity contribution < 1.29 is 9.53 Å². The minimum atomic E-state index is -0.429. The highest BCUT2D eigenvalue weighted by Crippen LogP contribution is 2.05. The summed E-state index contributed by atoms with van der Waals surface area (Å²) in [4.78, 5) is 15.3. The number of carbonyl (C=O) groups excluding carboxylic acids is 1. The number of nitrogens with one attached hydrogen (secondary N) is 2. The zero-order valence-corrected chi connectivity index (χ0v) is 13.1. The standard InChI is InChI=1S/C15H24N4O2/c1-15(2,21-4)10-19-14(17-3)18-9-11-6-5-7-12(8-11)13(16)20/h5-8H,9-10H2,1-4H3,(H2,16,20)(H2,17,18,19). The summed E-state index contributed by atoms with van der Waals surface area (Å²) in [5.74, 6) is 0.241. The van der Waals surface area contributed by atoms with Crippen molar-refractivity contribution in [3.05, 3.63) is 35.4 Å². The number of primary amides is 1. The Morgan fingerprint density at radius 2 is 2.10 bits per heavy atom. The molecule has 0 unspecified atom stereocenters. The van der Waals surface area contributed by atoms with Crippen molar-refractivity contribution in [2.75, 3.05) is 20.7 Å². The Hall–Kier alpha value is -2.08. The molecule has 0 aromatic heterocycles. The molecule has 21 heavy (non-hydrogen) atoms. The van der Waals surface area contributed by atoms with Gasteiger partial charge in [0.15, 0.2) is 5.96 Å². The van der Waals surface area contributed by atoms with E-state index in [-0.39, 0.29) is 5.60 Å². The largest absolute Gasteiger partial charge is 0.377 e. The molecule has 0 atom stereocenters. The van der Waals surface area contributed by atoms with Crippen LogP contribution in [0.15, 0.2) is 29.3 Å². The molecule has 0 radical (unpaired) electrons. The highest BCUT2D eigenvalue weighted by molar-refractivity contribution is 5.92. The Morgan fingerprint density at radius 1 is 1.38 bits per heavy atom. The Morgan fingerprint density at radius 3 is 2.67 bits per heavy atom. The Labute approximate surface area is 125 Å². The van der Waals surface area contributed by atoms with E-state index in [0.717, 1.165) is 5.56 Å². The molecule has 0 aliphatic carbocycles. The van der Waals surface area contributed by atoms with Crippen LogP contribution in [0, 0.1) is 0 Å². The van der Waals surface area contributed by atoms with E-state index in [2.05, 4.69) is 15.6 Å². The summed E-state index contributed by atoms with van der Waals surface area (Å²) in [5, 5.41) is 6.37. The van der Waals surface area contributed by atoms with Gasteiger partial charge in [0.05, 0.1) is 5.60 Å². The smallest absolute Gasteiger partial charge is 0.248 e. The number of nitrogens with two attached hydrogens (primary N) is 1. The van der Waals surface area contributed by atoms with E-state index in [1.165, 1.54) is 0 Å². The number of rotatable bonds is 6. The van der Waals surface area contributed by atoms with Crippen molar-refractivity contribution in [2.24, 2.45) is 10.7 Å². The second kappa shape index (κ2) is 7.64. The third kappa shape index (κ3) is 5.83. The fourth-order valence-corrected chi connectivity index (χ4v) is 1.61. The number of methoxy groups -OCH3 is 1. The molecule has 1 aromatic rings. The van der Waals surface area contributed by atoms with E-state index in [1.54, 1.807) is 32.4 Å². The highest BCUT2D eigenvalue weighted by atomic mass is 16.5. The average Bonchev–Trinajstić information content (AvgIpc) is 2.47. The summed E-state index contributed by atoms with van der Waals surface area (Å²) in [6, 6.07) is 7.19. The molecule has 0 aliphatic heterocycles. The van der Waals surface area contributed by atoms with Crippen LogP contribution in [0.1, 0.15) is 29.8 Å². The van der Waals surface area contributed by atoms with Gasteiger partial charge in [0.2, 0.25) is 5.91 Å². The predicted octanol–water partition coefficient (Wildman–Crippen LogP) is 0.876.